The standard InChI is InChI=1S/C25H26N4O3/c1-2-3-7-18-10-12-20(13-11-18)26-22(31)16-28-14-15-29-24(25(28)32)21(17-30)23(27-29)19-8-5-4-6-9-19/h4-6,8-15,30H,2-3,7,16-17H2,1H3,(H,26,31). The van der Waals surface area contributed by atoms with E-state index in [9.17, 15) is 14.7 Å². The zero-order chi connectivity index (χ0) is 22.5. The van der Waals surface area contributed by atoms with E-state index in [0.717, 1.165) is 24.8 Å². The van der Waals surface area contributed by atoms with Crippen molar-refractivity contribution in [1.29, 1.82) is 0 Å². The van der Waals surface area contributed by atoms with Crippen LogP contribution in [0.5, 0.6) is 0 Å². The number of carbonyl (C=O) groups excluding carboxylic acids is 1. The number of amides is 1. The first-order valence-corrected chi connectivity index (χ1v) is 10.8. The molecule has 0 saturated heterocycles. The molecule has 0 unspecified atom stereocenters. The minimum Gasteiger partial charge on any atom is -0.392 e. The molecule has 7 heteroatoms. The van der Waals surface area contributed by atoms with Gasteiger partial charge in [-0.15, -0.1) is 0 Å². The third-order valence-corrected chi connectivity index (χ3v) is 5.44. The van der Waals surface area contributed by atoms with Gasteiger partial charge in [0.05, 0.1) is 12.3 Å². The van der Waals surface area contributed by atoms with E-state index in [2.05, 4.69) is 17.3 Å². The number of anilines is 1. The molecule has 4 rings (SSSR count). The van der Waals surface area contributed by atoms with Crippen LogP contribution in [0.3, 0.4) is 0 Å². The van der Waals surface area contributed by atoms with Gasteiger partial charge in [-0.3, -0.25) is 9.59 Å². The summed E-state index contributed by atoms with van der Waals surface area (Å²) in [5.74, 6) is -0.300. The lowest BCUT2D eigenvalue weighted by Gasteiger charge is -2.09. The summed E-state index contributed by atoms with van der Waals surface area (Å²) in [7, 11) is 0. The highest BCUT2D eigenvalue weighted by atomic mass is 16.3. The Labute approximate surface area is 186 Å². The van der Waals surface area contributed by atoms with E-state index >= 15 is 0 Å². The molecule has 0 spiro atoms. The van der Waals surface area contributed by atoms with Crippen molar-refractivity contribution >= 4 is 17.1 Å². The Hall–Kier alpha value is -3.71. The van der Waals surface area contributed by atoms with Crippen LogP contribution in [0.4, 0.5) is 5.69 Å². The van der Waals surface area contributed by atoms with E-state index in [1.807, 2.05) is 54.6 Å². The fourth-order valence-corrected chi connectivity index (χ4v) is 3.74. The number of hydrogen-bond donors (Lipinski definition) is 2. The molecule has 0 radical (unpaired) electrons. The van der Waals surface area contributed by atoms with Crippen molar-refractivity contribution < 1.29 is 9.90 Å². The number of hydrogen-bond acceptors (Lipinski definition) is 4. The van der Waals surface area contributed by atoms with Crippen LogP contribution in [0.1, 0.15) is 30.9 Å². The van der Waals surface area contributed by atoms with Crippen molar-refractivity contribution in [2.24, 2.45) is 0 Å². The van der Waals surface area contributed by atoms with Gasteiger partial charge in [-0.05, 0) is 30.5 Å². The van der Waals surface area contributed by atoms with Crippen LogP contribution >= 0.6 is 0 Å². The fraction of sp³-hybridized carbons (Fsp3) is 0.240. The van der Waals surface area contributed by atoms with E-state index in [1.165, 1.54) is 20.8 Å². The number of aliphatic hydroxyl groups excluding tert-OH is 1. The van der Waals surface area contributed by atoms with Crippen molar-refractivity contribution in [3.05, 3.63) is 88.5 Å². The Balaban J connectivity index is 1.56. The topological polar surface area (TPSA) is 88.6 Å². The first-order chi connectivity index (χ1) is 15.6. The molecule has 0 aliphatic carbocycles. The summed E-state index contributed by atoms with van der Waals surface area (Å²) < 4.78 is 2.79. The third-order valence-electron chi connectivity index (χ3n) is 5.44. The molecule has 7 nitrogen and oxygen atoms in total. The minimum atomic E-state index is -0.378. The molecule has 0 fully saturated rings. The minimum absolute atomic E-state index is 0.135. The van der Waals surface area contributed by atoms with Gasteiger partial charge >= 0.3 is 0 Å². The molecule has 0 atom stereocenters. The van der Waals surface area contributed by atoms with E-state index in [4.69, 9.17) is 0 Å². The van der Waals surface area contributed by atoms with Crippen LogP contribution < -0.4 is 10.9 Å². The molecule has 1 amide bonds. The SMILES string of the molecule is CCCCc1ccc(NC(=O)Cn2ccn3nc(-c4ccccc4)c(CO)c3c2=O)cc1. The highest BCUT2D eigenvalue weighted by Crippen LogP contribution is 2.24. The molecule has 0 aliphatic rings. The quantitative estimate of drug-likeness (QED) is 0.447. The van der Waals surface area contributed by atoms with Crippen molar-refractivity contribution in [2.75, 3.05) is 5.32 Å². The predicted octanol–water partition coefficient (Wildman–Crippen LogP) is 3.64. The maximum atomic E-state index is 13.1. The lowest BCUT2D eigenvalue weighted by atomic mass is 10.1. The van der Waals surface area contributed by atoms with Crippen LogP contribution in [0.15, 0.2) is 71.8 Å². The van der Waals surface area contributed by atoms with Gasteiger partial charge in [-0.1, -0.05) is 55.8 Å². The number of nitrogens with zero attached hydrogens (tertiary/aromatic N) is 3. The Morgan fingerprint density at radius 2 is 1.81 bits per heavy atom. The summed E-state index contributed by atoms with van der Waals surface area (Å²) in [6, 6.07) is 17.2. The van der Waals surface area contributed by atoms with Gasteiger partial charge in [0.2, 0.25) is 5.91 Å². The van der Waals surface area contributed by atoms with E-state index in [1.54, 1.807) is 6.20 Å². The smallest absolute Gasteiger partial charge is 0.277 e. The summed E-state index contributed by atoms with van der Waals surface area (Å²) in [5.41, 5.74) is 3.62. The fourth-order valence-electron chi connectivity index (χ4n) is 3.74. The molecular formula is C25H26N4O3. The first-order valence-electron chi connectivity index (χ1n) is 10.8. The molecule has 2 aromatic carbocycles. The van der Waals surface area contributed by atoms with Crippen LogP contribution in [-0.2, 0) is 24.4 Å². The molecule has 0 aliphatic heterocycles. The number of aliphatic hydroxyl groups is 1. The number of aromatic nitrogens is 3. The van der Waals surface area contributed by atoms with Gasteiger partial charge < -0.3 is 15.0 Å². The number of nitrogens with one attached hydrogen (secondary N) is 1. The maximum Gasteiger partial charge on any atom is 0.277 e. The number of unbranched alkanes of at least 4 members (excludes halogenated alkanes) is 1. The average Bonchev–Trinajstić information content (AvgIpc) is 3.20. The third kappa shape index (κ3) is 4.48. The molecule has 164 valence electrons. The summed E-state index contributed by atoms with van der Waals surface area (Å²) in [6.07, 6.45) is 6.45. The van der Waals surface area contributed by atoms with Gasteiger partial charge in [0.25, 0.3) is 5.56 Å². The van der Waals surface area contributed by atoms with Crippen molar-refractivity contribution in [2.45, 2.75) is 39.3 Å². The Kier molecular flexibility index (Phi) is 6.47. The molecule has 32 heavy (non-hydrogen) atoms. The summed E-state index contributed by atoms with van der Waals surface area (Å²) >= 11 is 0. The highest BCUT2D eigenvalue weighted by Gasteiger charge is 2.18. The van der Waals surface area contributed by atoms with Gasteiger partial charge in [0.15, 0.2) is 0 Å². The zero-order valence-corrected chi connectivity index (χ0v) is 18.0. The summed E-state index contributed by atoms with van der Waals surface area (Å²) in [6.45, 7) is 1.69. The number of rotatable bonds is 8. The normalized spacial score (nSPS) is 11.1. The molecule has 2 aromatic heterocycles. The summed E-state index contributed by atoms with van der Waals surface area (Å²) in [4.78, 5) is 25.7. The molecule has 2 N–H and O–H groups in total. The van der Waals surface area contributed by atoms with Gasteiger partial charge in [0.1, 0.15) is 12.1 Å². The van der Waals surface area contributed by atoms with Crippen molar-refractivity contribution in [3.63, 3.8) is 0 Å². The lowest BCUT2D eigenvalue weighted by molar-refractivity contribution is -0.116. The second-order valence-electron chi connectivity index (χ2n) is 7.72. The number of carbonyl (C=O) groups is 1. The Morgan fingerprint density at radius 3 is 2.50 bits per heavy atom. The predicted molar refractivity (Wildman–Crippen MR) is 124 cm³/mol. The molecular weight excluding hydrogens is 404 g/mol. The Morgan fingerprint density at radius 1 is 1.06 bits per heavy atom. The number of benzene rings is 2. The van der Waals surface area contributed by atoms with Gasteiger partial charge in [0, 0.05) is 29.2 Å². The van der Waals surface area contributed by atoms with Gasteiger partial charge in [-0.2, -0.15) is 5.10 Å². The van der Waals surface area contributed by atoms with Crippen LogP contribution in [0.2, 0.25) is 0 Å². The van der Waals surface area contributed by atoms with E-state index in [0.29, 0.717) is 16.9 Å². The average molecular weight is 431 g/mol. The zero-order valence-electron chi connectivity index (χ0n) is 18.0. The monoisotopic (exact) mass is 430 g/mol. The second-order valence-corrected chi connectivity index (χ2v) is 7.72. The maximum absolute atomic E-state index is 13.1. The van der Waals surface area contributed by atoms with Crippen LogP contribution in [-0.4, -0.2) is 25.2 Å². The van der Waals surface area contributed by atoms with Gasteiger partial charge in [-0.25, -0.2) is 4.52 Å². The van der Waals surface area contributed by atoms with E-state index < -0.39 is 0 Å². The van der Waals surface area contributed by atoms with Crippen molar-refractivity contribution in [1.82, 2.24) is 14.2 Å². The molecule has 0 bridgehead atoms. The summed E-state index contributed by atoms with van der Waals surface area (Å²) in [5, 5.41) is 17.3. The number of fused-ring (bicyclic) bond motifs is 1. The number of aryl methyl sites for hydroxylation is 1. The molecule has 0 saturated carbocycles. The lowest BCUT2D eigenvalue weighted by Crippen LogP contribution is -2.28. The van der Waals surface area contributed by atoms with Crippen LogP contribution in [0, 0.1) is 0 Å². The second kappa shape index (κ2) is 9.62. The molecule has 4 aromatic rings. The molecule has 2 heterocycles. The Bertz CT molecular complexity index is 1270. The van der Waals surface area contributed by atoms with Crippen LogP contribution in [0.25, 0.3) is 16.8 Å². The highest BCUT2D eigenvalue weighted by molar-refractivity contribution is 5.90. The largest absolute Gasteiger partial charge is 0.392 e. The van der Waals surface area contributed by atoms with E-state index in [-0.39, 0.29) is 30.1 Å². The first kappa shape index (κ1) is 21.5. The van der Waals surface area contributed by atoms with Crippen molar-refractivity contribution in [3.8, 4) is 11.3 Å².